The van der Waals surface area contributed by atoms with E-state index in [-0.39, 0.29) is 12.1 Å². The van der Waals surface area contributed by atoms with Crippen LogP contribution in [-0.4, -0.2) is 25.4 Å². The van der Waals surface area contributed by atoms with E-state index < -0.39 is 5.69 Å². The molecule has 0 radical (unpaired) electrons. The molecule has 2 aromatic heterocycles. The maximum atomic E-state index is 13.3. The summed E-state index contributed by atoms with van der Waals surface area (Å²) in [5.74, 6) is 0. The standard InChI is InChI=1S/C20H18N4O2S/c1-13-8-9-15(27-2)10-16(13)24-18-17(21-12-22-18)19(25)23(20(24)26)11-14-6-4-3-5-7-14/h3-10,12H,11H2,1-2H3,(H,21,22). The molecule has 4 rings (SSSR count). The van der Waals surface area contributed by atoms with Crippen LogP contribution < -0.4 is 11.2 Å². The number of aromatic amines is 1. The second kappa shape index (κ2) is 6.92. The molecule has 0 unspecified atom stereocenters. The third kappa shape index (κ3) is 3.00. The highest BCUT2D eigenvalue weighted by Crippen LogP contribution is 2.22. The number of rotatable bonds is 4. The Kier molecular flexibility index (Phi) is 4.45. The number of H-pyrrole nitrogens is 1. The van der Waals surface area contributed by atoms with E-state index >= 15 is 0 Å². The molecule has 0 saturated heterocycles. The van der Waals surface area contributed by atoms with Gasteiger partial charge in [0.1, 0.15) is 5.52 Å². The van der Waals surface area contributed by atoms with Crippen molar-refractivity contribution in [2.75, 3.05) is 6.26 Å². The molecule has 136 valence electrons. The molecule has 7 heteroatoms. The van der Waals surface area contributed by atoms with Crippen molar-refractivity contribution < 1.29 is 0 Å². The van der Waals surface area contributed by atoms with Crippen LogP contribution in [0.5, 0.6) is 0 Å². The van der Waals surface area contributed by atoms with Gasteiger partial charge in [0.15, 0.2) is 5.65 Å². The Balaban J connectivity index is 2.03. The highest BCUT2D eigenvalue weighted by molar-refractivity contribution is 7.98. The van der Waals surface area contributed by atoms with E-state index in [0.29, 0.717) is 11.2 Å². The molecule has 4 aromatic rings. The normalized spacial score (nSPS) is 11.2. The lowest BCUT2D eigenvalue weighted by molar-refractivity contribution is 0.682. The van der Waals surface area contributed by atoms with Gasteiger partial charge in [0, 0.05) is 4.90 Å². The molecule has 0 spiro atoms. The van der Waals surface area contributed by atoms with Crippen LogP contribution in [0.4, 0.5) is 0 Å². The molecule has 0 atom stereocenters. The van der Waals surface area contributed by atoms with Gasteiger partial charge in [-0.1, -0.05) is 36.4 Å². The molecule has 0 fully saturated rings. The Bertz CT molecular complexity index is 1240. The zero-order valence-corrected chi connectivity index (χ0v) is 15.8. The molecule has 0 saturated carbocycles. The second-order valence-electron chi connectivity index (χ2n) is 6.25. The van der Waals surface area contributed by atoms with Crippen molar-refractivity contribution >= 4 is 22.9 Å². The molecule has 6 nitrogen and oxygen atoms in total. The van der Waals surface area contributed by atoms with Crippen molar-refractivity contribution in [1.29, 1.82) is 0 Å². The van der Waals surface area contributed by atoms with Crippen molar-refractivity contribution in [3.63, 3.8) is 0 Å². The van der Waals surface area contributed by atoms with Gasteiger partial charge < -0.3 is 4.98 Å². The molecule has 0 aliphatic rings. The lowest BCUT2D eigenvalue weighted by atomic mass is 10.2. The summed E-state index contributed by atoms with van der Waals surface area (Å²) in [4.78, 5) is 34.4. The first kappa shape index (κ1) is 17.4. The fourth-order valence-corrected chi connectivity index (χ4v) is 3.56. The maximum Gasteiger partial charge on any atom is 0.337 e. The summed E-state index contributed by atoms with van der Waals surface area (Å²) >= 11 is 1.60. The molecule has 0 amide bonds. The Morgan fingerprint density at radius 2 is 1.89 bits per heavy atom. The predicted molar refractivity (Wildman–Crippen MR) is 108 cm³/mol. The predicted octanol–water partition coefficient (Wildman–Crippen LogP) is 2.95. The van der Waals surface area contributed by atoms with E-state index in [9.17, 15) is 9.59 Å². The minimum atomic E-state index is -0.398. The van der Waals surface area contributed by atoms with E-state index in [1.165, 1.54) is 15.5 Å². The Morgan fingerprint density at radius 1 is 1.11 bits per heavy atom. The summed E-state index contributed by atoms with van der Waals surface area (Å²) in [6.07, 6.45) is 3.43. The van der Waals surface area contributed by atoms with Gasteiger partial charge >= 0.3 is 5.69 Å². The van der Waals surface area contributed by atoms with Crippen LogP contribution in [0.2, 0.25) is 0 Å². The average molecular weight is 378 g/mol. The van der Waals surface area contributed by atoms with Crippen LogP contribution in [0.3, 0.4) is 0 Å². The number of imidazole rings is 1. The van der Waals surface area contributed by atoms with E-state index in [0.717, 1.165) is 21.7 Å². The highest BCUT2D eigenvalue weighted by Gasteiger charge is 2.18. The summed E-state index contributed by atoms with van der Waals surface area (Å²) in [7, 11) is 0. The van der Waals surface area contributed by atoms with Crippen molar-refractivity contribution in [3.8, 4) is 5.69 Å². The van der Waals surface area contributed by atoms with Gasteiger partial charge in [0.2, 0.25) is 0 Å². The van der Waals surface area contributed by atoms with Crippen molar-refractivity contribution in [2.45, 2.75) is 18.4 Å². The molecule has 1 N–H and O–H groups in total. The Labute approximate surface area is 159 Å². The largest absolute Gasteiger partial charge is 0.339 e. The summed E-state index contributed by atoms with van der Waals surface area (Å²) in [6.45, 7) is 2.14. The first-order valence-electron chi connectivity index (χ1n) is 8.48. The molecule has 0 aliphatic heterocycles. The van der Waals surface area contributed by atoms with Gasteiger partial charge in [-0.2, -0.15) is 0 Å². The summed E-state index contributed by atoms with van der Waals surface area (Å²) in [5.41, 5.74) is 2.44. The molecule has 0 bridgehead atoms. The first-order valence-corrected chi connectivity index (χ1v) is 9.70. The van der Waals surface area contributed by atoms with Gasteiger partial charge in [0.05, 0.1) is 18.6 Å². The van der Waals surface area contributed by atoms with E-state index in [2.05, 4.69) is 9.97 Å². The fraction of sp³-hybridized carbons (Fsp3) is 0.150. The van der Waals surface area contributed by atoms with Crippen molar-refractivity contribution in [2.24, 2.45) is 0 Å². The number of nitrogens with one attached hydrogen (secondary N) is 1. The van der Waals surface area contributed by atoms with E-state index in [1.54, 1.807) is 11.8 Å². The minimum absolute atomic E-state index is 0.203. The zero-order chi connectivity index (χ0) is 19.0. The first-order chi connectivity index (χ1) is 13.1. The summed E-state index contributed by atoms with van der Waals surface area (Å²) < 4.78 is 2.77. The van der Waals surface area contributed by atoms with Crippen LogP contribution in [0.1, 0.15) is 11.1 Å². The number of hydrogen-bond acceptors (Lipinski definition) is 4. The second-order valence-corrected chi connectivity index (χ2v) is 7.13. The number of aromatic nitrogens is 4. The lowest BCUT2D eigenvalue weighted by Crippen LogP contribution is -2.40. The minimum Gasteiger partial charge on any atom is -0.339 e. The van der Waals surface area contributed by atoms with Crippen LogP contribution in [-0.2, 0) is 6.54 Å². The van der Waals surface area contributed by atoms with Crippen LogP contribution >= 0.6 is 11.8 Å². The topological polar surface area (TPSA) is 72.7 Å². The summed E-state index contributed by atoms with van der Waals surface area (Å²) in [5, 5.41) is 0. The molecular weight excluding hydrogens is 360 g/mol. The van der Waals surface area contributed by atoms with Gasteiger partial charge in [-0.3, -0.25) is 9.36 Å². The van der Waals surface area contributed by atoms with Gasteiger partial charge in [0.25, 0.3) is 5.56 Å². The molecule has 2 aromatic carbocycles. The number of nitrogens with zero attached hydrogens (tertiary/aromatic N) is 3. The van der Waals surface area contributed by atoms with E-state index in [4.69, 9.17) is 0 Å². The number of aryl methyl sites for hydroxylation is 1. The lowest BCUT2D eigenvalue weighted by Gasteiger charge is -2.14. The van der Waals surface area contributed by atoms with Crippen LogP contribution in [0.25, 0.3) is 16.9 Å². The number of thioether (sulfide) groups is 1. The van der Waals surface area contributed by atoms with Gasteiger partial charge in [-0.05, 0) is 36.4 Å². The van der Waals surface area contributed by atoms with Gasteiger partial charge in [-0.25, -0.2) is 14.3 Å². The fourth-order valence-electron chi connectivity index (χ4n) is 3.13. The van der Waals surface area contributed by atoms with Crippen molar-refractivity contribution in [3.05, 3.63) is 86.8 Å². The van der Waals surface area contributed by atoms with Crippen molar-refractivity contribution in [1.82, 2.24) is 19.1 Å². The molecular formula is C20H18N4O2S. The smallest absolute Gasteiger partial charge is 0.337 e. The molecule has 27 heavy (non-hydrogen) atoms. The highest BCUT2D eigenvalue weighted by atomic mass is 32.2. The monoisotopic (exact) mass is 378 g/mol. The number of benzene rings is 2. The average Bonchev–Trinajstić information content (AvgIpc) is 3.17. The Hall–Kier alpha value is -3.06. The number of fused-ring (bicyclic) bond motifs is 1. The SMILES string of the molecule is CSc1ccc(C)c(-n2c(=O)n(Cc3ccccc3)c(=O)c3[nH]cnc32)c1. The van der Waals surface area contributed by atoms with Crippen LogP contribution in [0.15, 0.2) is 69.3 Å². The number of hydrogen-bond donors (Lipinski definition) is 1. The summed E-state index contributed by atoms with van der Waals surface area (Å²) in [6, 6.07) is 15.4. The Morgan fingerprint density at radius 3 is 2.63 bits per heavy atom. The maximum absolute atomic E-state index is 13.3. The van der Waals surface area contributed by atoms with Crippen LogP contribution in [0, 0.1) is 6.92 Å². The molecule has 2 heterocycles. The third-order valence-electron chi connectivity index (χ3n) is 4.55. The third-order valence-corrected chi connectivity index (χ3v) is 5.28. The molecule has 0 aliphatic carbocycles. The zero-order valence-electron chi connectivity index (χ0n) is 15.0. The van der Waals surface area contributed by atoms with Gasteiger partial charge in [-0.15, -0.1) is 11.8 Å². The quantitative estimate of drug-likeness (QED) is 0.554. The van der Waals surface area contributed by atoms with E-state index in [1.807, 2.05) is 61.7 Å².